The second kappa shape index (κ2) is 5.95. The molecule has 6 heteroatoms. The highest BCUT2D eigenvalue weighted by molar-refractivity contribution is 5.90. The number of rotatable bonds is 4. The SMILES string of the molecule is CCc1nc(C(=O)N2CCCCC2CCO)n[nH]1. The third-order valence-corrected chi connectivity index (χ3v) is 3.41. The maximum Gasteiger partial charge on any atom is 0.293 e. The van der Waals surface area contributed by atoms with Gasteiger partial charge in [0.05, 0.1) is 0 Å². The molecule has 1 atom stereocenters. The van der Waals surface area contributed by atoms with Crippen molar-refractivity contribution < 1.29 is 9.90 Å². The number of carbonyl (C=O) groups is 1. The Morgan fingerprint density at radius 1 is 1.56 bits per heavy atom. The lowest BCUT2D eigenvalue weighted by Gasteiger charge is -2.34. The van der Waals surface area contributed by atoms with Crippen LogP contribution in [0.2, 0.25) is 0 Å². The van der Waals surface area contributed by atoms with Crippen LogP contribution in [-0.4, -0.2) is 50.3 Å². The molecule has 0 saturated carbocycles. The van der Waals surface area contributed by atoms with Crippen LogP contribution in [0.4, 0.5) is 0 Å². The molecule has 6 nitrogen and oxygen atoms in total. The fourth-order valence-corrected chi connectivity index (χ4v) is 2.39. The van der Waals surface area contributed by atoms with Crippen molar-refractivity contribution in [2.24, 2.45) is 0 Å². The summed E-state index contributed by atoms with van der Waals surface area (Å²) in [6.45, 7) is 2.81. The van der Waals surface area contributed by atoms with E-state index >= 15 is 0 Å². The summed E-state index contributed by atoms with van der Waals surface area (Å²) in [6.07, 6.45) is 4.45. The zero-order valence-corrected chi connectivity index (χ0v) is 10.7. The highest BCUT2D eigenvalue weighted by Crippen LogP contribution is 2.20. The average molecular weight is 252 g/mol. The molecule has 18 heavy (non-hydrogen) atoms. The van der Waals surface area contributed by atoms with E-state index in [4.69, 9.17) is 5.11 Å². The topological polar surface area (TPSA) is 82.1 Å². The molecule has 2 rings (SSSR count). The van der Waals surface area contributed by atoms with Crippen molar-refractivity contribution in [2.45, 2.75) is 45.1 Å². The molecule has 1 saturated heterocycles. The minimum absolute atomic E-state index is 0.114. The van der Waals surface area contributed by atoms with Crippen LogP contribution in [0.1, 0.15) is 49.1 Å². The number of aliphatic hydroxyl groups is 1. The smallest absolute Gasteiger partial charge is 0.293 e. The number of piperidine rings is 1. The number of aromatic amines is 1. The predicted octanol–water partition coefficient (Wildman–Crippen LogP) is 0.744. The summed E-state index contributed by atoms with van der Waals surface area (Å²) in [6, 6.07) is 0.125. The van der Waals surface area contributed by atoms with E-state index < -0.39 is 0 Å². The Balaban J connectivity index is 2.10. The first-order valence-electron chi connectivity index (χ1n) is 6.59. The summed E-state index contributed by atoms with van der Waals surface area (Å²) in [5.41, 5.74) is 0. The number of nitrogens with zero attached hydrogens (tertiary/aromatic N) is 3. The number of hydrogen-bond acceptors (Lipinski definition) is 4. The van der Waals surface area contributed by atoms with E-state index in [1.54, 1.807) is 0 Å². The van der Waals surface area contributed by atoms with Gasteiger partial charge in [0.15, 0.2) is 0 Å². The number of aryl methyl sites for hydroxylation is 1. The van der Waals surface area contributed by atoms with Crippen molar-refractivity contribution in [1.82, 2.24) is 20.1 Å². The van der Waals surface area contributed by atoms with E-state index in [9.17, 15) is 4.79 Å². The molecule has 0 aliphatic carbocycles. The zero-order valence-electron chi connectivity index (χ0n) is 10.7. The number of amides is 1. The number of aromatic nitrogens is 3. The fourth-order valence-electron chi connectivity index (χ4n) is 2.39. The largest absolute Gasteiger partial charge is 0.396 e. The molecular formula is C12H20N4O2. The molecule has 0 spiro atoms. The van der Waals surface area contributed by atoms with Gasteiger partial charge >= 0.3 is 0 Å². The Labute approximate surface area is 106 Å². The van der Waals surface area contributed by atoms with Crippen molar-refractivity contribution in [1.29, 1.82) is 0 Å². The first kappa shape index (κ1) is 13.0. The first-order chi connectivity index (χ1) is 8.76. The second-order valence-corrected chi connectivity index (χ2v) is 4.62. The van der Waals surface area contributed by atoms with Gasteiger partial charge in [-0.1, -0.05) is 6.92 Å². The molecule has 2 N–H and O–H groups in total. The molecule has 1 aromatic heterocycles. The summed E-state index contributed by atoms with van der Waals surface area (Å²) in [5.74, 6) is 0.856. The van der Waals surface area contributed by atoms with Crippen LogP contribution in [0.25, 0.3) is 0 Å². The highest BCUT2D eigenvalue weighted by atomic mass is 16.3. The van der Waals surface area contributed by atoms with Gasteiger partial charge in [0, 0.05) is 25.6 Å². The number of likely N-dealkylation sites (tertiary alicyclic amines) is 1. The van der Waals surface area contributed by atoms with Crippen LogP contribution in [0, 0.1) is 0 Å². The van der Waals surface area contributed by atoms with E-state index in [-0.39, 0.29) is 24.4 Å². The minimum Gasteiger partial charge on any atom is -0.396 e. The fraction of sp³-hybridized carbons (Fsp3) is 0.750. The van der Waals surface area contributed by atoms with Gasteiger partial charge in [-0.3, -0.25) is 9.89 Å². The van der Waals surface area contributed by atoms with Gasteiger partial charge in [-0.05, 0) is 25.7 Å². The zero-order chi connectivity index (χ0) is 13.0. The van der Waals surface area contributed by atoms with E-state index in [0.717, 1.165) is 38.1 Å². The minimum atomic E-state index is -0.121. The molecule has 1 aliphatic rings. The molecular weight excluding hydrogens is 232 g/mol. The summed E-state index contributed by atoms with van der Waals surface area (Å²) >= 11 is 0. The number of aliphatic hydroxyl groups excluding tert-OH is 1. The van der Waals surface area contributed by atoms with Crippen molar-refractivity contribution >= 4 is 5.91 Å². The summed E-state index contributed by atoms with van der Waals surface area (Å²) < 4.78 is 0. The quantitative estimate of drug-likeness (QED) is 0.828. The normalized spacial score (nSPS) is 20.1. The second-order valence-electron chi connectivity index (χ2n) is 4.62. The molecule has 1 fully saturated rings. The Bertz CT molecular complexity index is 403. The molecule has 2 heterocycles. The first-order valence-corrected chi connectivity index (χ1v) is 6.59. The predicted molar refractivity (Wildman–Crippen MR) is 66.1 cm³/mol. The Kier molecular flexibility index (Phi) is 4.30. The van der Waals surface area contributed by atoms with Crippen molar-refractivity contribution in [3.8, 4) is 0 Å². The average Bonchev–Trinajstić information content (AvgIpc) is 2.88. The number of carbonyl (C=O) groups excluding carboxylic acids is 1. The van der Waals surface area contributed by atoms with Gasteiger partial charge in [0.1, 0.15) is 5.82 Å². The van der Waals surface area contributed by atoms with E-state index in [1.165, 1.54) is 0 Å². The Hall–Kier alpha value is -1.43. The maximum atomic E-state index is 12.3. The van der Waals surface area contributed by atoms with E-state index in [2.05, 4.69) is 15.2 Å². The molecule has 100 valence electrons. The molecule has 1 aromatic rings. The van der Waals surface area contributed by atoms with Crippen LogP contribution in [0.3, 0.4) is 0 Å². The summed E-state index contributed by atoms with van der Waals surface area (Å²) in [5, 5.41) is 15.8. The van der Waals surface area contributed by atoms with Crippen LogP contribution in [0.15, 0.2) is 0 Å². The molecule has 0 aromatic carbocycles. The van der Waals surface area contributed by atoms with Gasteiger partial charge in [0.2, 0.25) is 5.82 Å². The van der Waals surface area contributed by atoms with Crippen LogP contribution in [0.5, 0.6) is 0 Å². The van der Waals surface area contributed by atoms with Crippen molar-refractivity contribution in [2.75, 3.05) is 13.2 Å². The number of hydrogen-bond donors (Lipinski definition) is 2. The van der Waals surface area contributed by atoms with Gasteiger partial charge in [-0.2, -0.15) is 0 Å². The third kappa shape index (κ3) is 2.69. The van der Waals surface area contributed by atoms with Gasteiger partial charge in [-0.25, -0.2) is 4.98 Å². The van der Waals surface area contributed by atoms with Gasteiger partial charge in [0.25, 0.3) is 5.91 Å². The summed E-state index contributed by atoms with van der Waals surface area (Å²) in [4.78, 5) is 18.3. The van der Waals surface area contributed by atoms with Gasteiger partial charge in [-0.15, -0.1) is 5.10 Å². The number of H-pyrrole nitrogens is 1. The van der Waals surface area contributed by atoms with Gasteiger partial charge < -0.3 is 10.0 Å². The monoisotopic (exact) mass is 252 g/mol. The van der Waals surface area contributed by atoms with Crippen LogP contribution in [-0.2, 0) is 6.42 Å². The van der Waals surface area contributed by atoms with E-state index in [0.29, 0.717) is 6.42 Å². The van der Waals surface area contributed by atoms with E-state index in [1.807, 2.05) is 11.8 Å². The molecule has 1 aliphatic heterocycles. The number of nitrogens with one attached hydrogen (secondary N) is 1. The maximum absolute atomic E-state index is 12.3. The summed E-state index contributed by atoms with van der Waals surface area (Å²) in [7, 11) is 0. The molecule has 0 radical (unpaired) electrons. The third-order valence-electron chi connectivity index (χ3n) is 3.41. The molecule has 1 unspecified atom stereocenters. The highest BCUT2D eigenvalue weighted by Gasteiger charge is 2.29. The lowest BCUT2D eigenvalue weighted by Crippen LogP contribution is -2.44. The van der Waals surface area contributed by atoms with Crippen LogP contribution >= 0.6 is 0 Å². The standard InChI is InChI=1S/C12H20N4O2/c1-2-10-13-11(15-14-10)12(18)16-7-4-3-5-9(16)6-8-17/h9,17H,2-8H2,1H3,(H,13,14,15). The van der Waals surface area contributed by atoms with Crippen molar-refractivity contribution in [3.05, 3.63) is 11.6 Å². The molecule has 1 amide bonds. The lowest BCUT2D eigenvalue weighted by molar-refractivity contribution is 0.0562. The Morgan fingerprint density at radius 2 is 2.39 bits per heavy atom. The van der Waals surface area contributed by atoms with Crippen LogP contribution < -0.4 is 0 Å². The lowest BCUT2D eigenvalue weighted by atomic mass is 9.99. The Morgan fingerprint density at radius 3 is 3.06 bits per heavy atom. The molecule has 0 bridgehead atoms. The van der Waals surface area contributed by atoms with Crippen molar-refractivity contribution in [3.63, 3.8) is 0 Å².